The molecule has 0 N–H and O–H groups in total. The van der Waals surface area contributed by atoms with Crippen LogP contribution in [0.4, 0.5) is 0 Å². The number of carbonyl (C=O) groups excluding carboxylic acids is 2. The molecule has 1 heterocycles. The molecule has 1 atom stereocenters. The number of nitriles is 1. The van der Waals surface area contributed by atoms with E-state index in [1.165, 1.54) is 5.56 Å². The van der Waals surface area contributed by atoms with Gasteiger partial charge in [0.2, 0.25) is 0 Å². The average molecular weight is 405 g/mol. The van der Waals surface area contributed by atoms with E-state index in [0.717, 1.165) is 0 Å². The van der Waals surface area contributed by atoms with Gasteiger partial charge in [0.1, 0.15) is 11.8 Å². The van der Waals surface area contributed by atoms with E-state index in [9.17, 15) is 14.9 Å². The zero-order valence-corrected chi connectivity index (χ0v) is 17.7. The van der Waals surface area contributed by atoms with E-state index in [0.29, 0.717) is 49.0 Å². The Bertz CT molecular complexity index is 939. The quantitative estimate of drug-likeness (QED) is 0.764. The van der Waals surface area contributed by atoms with Crippen molar-refractivity contribution in [2.45, 2.75) is 32.8 Å². The number of piperazine rings is 1. The van der Waals surface area contributed by atoms with Gasteiger partial charge in [0.05, 0.1) is 5.56 Å². The number of carbonyl (C=O) groups is 2. The van der Waals surface area contributed by atoms with Gasteiger partial charge in [0.15, 0.2) is 6.10 Å². The molecule has 1 saturated heterocycles. The van der Waals surface area contributed by atoms with Crippen LogP contribution in [0.3, 0.4) is 0 Å². The van der Waals surface area contributed by atoms with Gasteiger partial charge in [-0.05, 0) is 42.7 Å². The van der Waals surface area contributed by atoms with Gasteiger partial charge in [-0.3, -0.25) is 9.59 Å². The second kappa shape index (κ2) is 9.45. The maximum Gasteiger partial charge on any atom is 0.263 e. The highest BCUT2D eigenvalue weighted by Crippen LogP contribution is 2.20. The Morgan fingerprint density at radius 1 is 0.933 bits per heavy atom. The van der Waals surface area contributed by atoms with E-state index in [1.807, 2.05) is 24.3 Å². The first kappa shape index (κ1) is 21.4. The molecule has 6 heteroatoms. The fourth-order valence-corrected chi connectivity index (χ4v) is 3.48. The summed E-state index contributed by atoms with van der Waals surface area (Å²) >= 11 is 0. The molecule has 0 radical (unpaired) electrons. The van der Waals surface area contributed by atoms with Crippen LogP contribution in [0.1, 0.15) is 48.2 Å². The molecule has 0 aliphatic carbocycles. The van der Waals surface area contributed by atoms with Crippen molar-refractivity contribution in [3.05, 3.63) is 65.2 Å². The number of hydrogen-bond acceptors (Lipinski definition) is 4. The number of rotatable bonds is 5. The van der Waals surface area contributed by atoms with Crippen LogP contribution in [0.25, 0.3) is 0 Å². The van der Waals surface area contributed by atoms with Crippen molar-refractivity contribution >= 4 is 11.8 Å². The lowest BCUT2D eigenvalue weighted by Crippen LogP contribution is -2.53. The Kier molecular flexibility index (Phi) is 6.73. The first-order valence-electron chi connectivity index (χ1n) is 10.2. The second-order valence-corrected chi connectivity index (χ2v) is 7.76. The van der Waals surface area contributed by atoms with Gasteiger partial charge in [-0.1, -0.05) is 38.1 Å². The topological polar surface area (TPSA) is 73.6 Å². The molecule has 1 unspecified atom stereocenters. The van der Waals surface area contributed by atoms with Crippen LogP contribution in [-0.4, -0.2) is 53.9 Å². The predicted molar refractivity (Wildman–Crippen MR) is 114 cm³/mol. The molecule has 0 spiro atoms. The van der Waals surface area contributed by atoms with Crippen molar-refractivity contribution in [2.24, 2.45) is 0 Å². The third-order valence-electron chi connectivity index (χ3n) is 5.36. The van der Waals surface area contributed by atoms with Gasteiger partial charge in [-0.15, -0.1) is 0 Å². The molecular formula is C24H27N3O3. The maximum absolute atomic E-state index is 12.8. The summed E-state index contributed by atoms with van der Waals surface area (Å²) in [4.78, 5) is 29.0. The van der Waals surface area contributed by atoms with E-state index in [1.54, 1.807) is 41.0 Å². The third kappa shape index (κ3) is 4.80. The predicted octanol–water partition coefficient (Wildman–Crippen LogP) is 3.43. The Morgan fingerprint density at radius 2 is 1.53 bits per heavy atom. The molecule has 6 nitrogen and oxygen atoms in total. The smallest absolute Gasteiger partial charge is 0.263 e. The number of para-hydroxylation sites is 1. The Labute approximate surface area is 177 Å². The highest BCUT2D eigenvalue weighted by atomic mass is 16.5. The van der Waals surface area contributed by atoms with Gasteiger partial charge >= 0.3 is 0 Å². The molecule has 2 aromatic carbocycles. The van der Waals surface area contributed by atoms with Crippen LogP contribution in [0.5, 0.6) is 5.75 Å². The van der Waals surface area contributed by atoms with Crippen LogP contribution in [0, 0.1) is 11.3 Å². The van der Waals surface area contributed by atoms with Crippen molar-refractivity contribution in [3.8, 4) is 11.8 Å². The van der Waals surface area contributed by atoms with Crippen LogP contribution in [-0.2, 0) is 4.79 Å². The average Bonchev–Trinajstić information content (AvgIpc) is 2.78. The molecule has 156 valence electrons. The van der Waals surface area contributed by atoms with Gasteiger partial charge in [0.25, 0.3) is 11.8 Å². The highest BCUT2D eigenvalue weighted by molar-refractivity contribution is 5.94. The lowest BCUT2D eigenvalue weighted by atomic mass is 10.0. The van der Waals surface area contributed by atoms with Gasteiger partial charge in [0, 0.05) is 31.7 Å². The zero-order chi connectivity index (χ0) is 21.7. The standard InChI is InChI=1S/C24H27N3O3/c1-17(2)19-8-10-20(11-9-19)24(29)27-14-12-26(13-15-27)23(28)18(3)30-22-7-5-4-6-21(22)16-25/h4-11,17-18H,12-15H2,1-3H3. The summed E-state index contributed by atoms with van der Waals surface area (Å²) in [6, 6.07) is 16.7. The third-order valence-corrected chi connectivity index (χ3v) is 5.36. The summed E-state index contributed by atoms with van der Waals surface area (Å²) in [5.74, 6) is 0.674. The van der Waals surface area contributed by atoms with E-state index in [2.05, 4.69) is 19.9 Å². The number of ether oxygens (including phenoxy) is 1. The molecule has 30 heavy (non-hydrogen) atoms. The summed E-state index contributed by atoms with van der Waals surface area (Å²) in [6.07, 6.45) is -0.703. The molecule has 2 amide bonds. The Hall–Kier alpha value is -3.33. The van der Waals surface area contributed by atoms with E-state index in [4.69, 9.17) is 4.74 Å². The van der Waals surface area contributed by atoms with E-state index in [-0.39, 0.29) is 11.8 Å². The SMILES string of the molecule is CC(Oc1ccccc1C#N)C(=O)N1CCN(C(=O)c2ccc(C(C)C)cc2)CC1. The molecule has 0 aromatic heterocycles. The highest BCUT2D eigenvalue weighted by Gasteiger charge is 2.28. The minimum absolute atomic E-state index is 0.00958. The molecule has 2 aromatic rings. The van der Waals surface area contributed by atoms with E-state index < -0.39 is 6.10 Å². The lowest BCUT2D eigenvalue weighted by molar-refractivity contribution is -0.139. The molecule has 1 fully saturated rings. The van der Waals surface area contributed by atoms with E-state index >= 15 is 0 Å². The lowest BCUT2D eigenvalue weighted by Gasteiger charge is -2.36. The second-order valence-electron chi connectivity index (χ2n) is 7.76. The maximum atomic E-state index is 12.8. The van der Waals surface area contributed by atoms with Gasteiger partial charge in [-0.2, -0.15) is 5.26 Å². The Morgan fingerprint density at radius 3 is 2.13 bits per heavy atom. The molecule has 0 saturated carbocycles. The van der Waals surface area contributed by atoms with Crippen LogP contribution >= 0.6 is 0 Å². The zero-order valence-electron chi connectivity index (χ0n) is 17.7. The van der Waals surface area contributed by atoms with Crippen molar-refractivity contribution in [1.29, 1.82) is 5.26 Å². The molecule has 0 bridgehead atoms. The summed E-state index contributed by atoms with van der Waals surface area (Å²) in [7, 11) is 0. The summed E-state index contributed by atoms with van der Waals surface area (Å²) in [6.45, 7) is 7.82. The first-order chi connectivity index (χ1) is 14.4. The van der Waals surface area contributed by atoms with Crippen LogP contribution in [0.2, 0.25) is 0 Å². The fourth-order valence-electron chi connectivity index (χ4n) is 3.48. The van der Waals surface area contributed by atoms with Crippen LogP contribution < -0.4 is 4.74 Å². The summed E-state index contributed by atoms with van der Waals surface area (Å²) in [5.41, 5.74) is 2.27. The monoisotopic (exact) mass is 405 g/mol. The Balaban J connectivity index is 1.56. The van der Waals surface area contributed by atoms with Gasteiger partial charge in [-0.25, -0.2) is 0 Å². The van der Waals surface area contributed by atoms with Crippen molar-refractivity contribution in [3.63, 3.8) is 0 Å². The van der Waals surface area contributed by atoms with Crippen molar-refractivity contribution in [2.75, 3.05) is 26.2 Å². The normalized spacial score (nSPS) is 14.9. The number of amides is 2. The minimum atomic E-state index is -0.703. The molecule has 3 rings (SSSR count). The first-order valence-corrected chi connectivity index (χ1v) is 10.2. The molecule has 1 aliphatic heterocycles. The summed E-state index contributed by atoms with van der Waals surface area (Å²) in [5, 5.41) is 9.17. The minimum Gasteiger partial charge on any atom is -0.480 e. The number of nitrogens with zero attached hydrogens (tertiary/aromatic N) is 3. The number of benzene rings is 2. The molecular weight excluding hydrogens is 378 g/mol. The van der Waals surface area contributed by atoms with Crippen LogP contribution in [0.15, 0.2) is 48.5 Å². The molecule has 1 aliphatic rings. The number of hydrogen-bond donors (Lipinski definition) is 0. The summed E-state index contributed by atoms with van der Waals surface area (Å²) < 4.78 is 5.73. The fraction of sp³-hybridized carbons (Fsp3) is 0.375. The van der Waals surface area contributed by atoms with Gasteiger partial charge < -0.3 is 14.5 Å². The van der Waals surface area contributed by atoms with Crippen molar-refractivity contribution in [1.82, 2.24) is 9.80 Å². The van der Waals surface area contributed by atoms with Crippen molar-refractivity contribution < 1.29 is 14.3 Å². The largest absolute Gasteiger partial charge is 0.480 e.